The number of benzene rings is 1. The monoisotopic (exact) mass is 248 g/mol. The molecule has 1 aromatic carbocycles. The molecular weight excluding hydrogens is 228 g/mol. The maximum Gasteiger partial charge on any atom is 0.226 e. The van der Waals surface area contributed by atoms with E-state index in [0.29, 0.717) is 6.42 Å². The number of anilines is 1. The first-order valence-corrected chi connectivity index (χ1v) is 6.26. The number of carbonyl (C=O) groups excluding carboxylic acids is 1. The lowest BCUT2D eigenvalue weighted by Crippen LogP contribution is -2.48. The summed E-state index contributed by atoms with van der Waals surface area (Å²) in [7, 11) is 1.61. The summed E-state index contributed by atoms with van der Waals surface area (Å²) >= 11 is 0. The maximum absolute atomic E-state index is 11.9. The lowest BCUT2D eigenvalue weighted by molar-refractivity contribution is -0.118. The molecule has 2 rings (SSSR count). The summed E-state index contributed by atoms with van der Waals surface area (Å²) in [4.78, 5) is 11.9. The van der Waals surface area contributed by atoms with Crippen LogP contribution in [-0.4, -0.2) is 18.6 Å². The molecule has 3 N–H and O–H groups in total. The zero-order valence-corrected chi connectivity index (χ0v) is 11.0. The number of hydrogen-bond donors (Lipinski definition) is 2. The third-order valence-electron chi connectivity index (χ3n) is 3.58. The number of rotatable bonds is 4. The van der Waals surface area contributed by atoms with E-state index in [2.05, 4.69) is 5.32 Å². The van der Waals surface area contributed by atoms with Gasteiger partial charge in [-0.15, -0.1) is 0 Å². The highest BCUT2D eigenvalue weighted by Crippen LogP contribution is 2.32. The van der Waals surface area contributed by atoms with Gasteiger partial charge in [-0.25, -0.2) is 0 Å². The number of methoxy groups -OCH3 is 1. The molecule has 0 spiro atoms. The number of aryl methyl sites for hydroxylation is 1. The van der Waals surface area contributed by atoms with Crippen molar-refractivity contribution in [1.29, 1.82) is 0 Å². The summed E-state index contributed by atoms with van der Waals surface area (Å²) in [6, 6.07) is 5.63. The molecule has 0 bridgehead atoms. The number of nitrogens with one attached hydrogen (secondary N) is 1. The van der Waals surface area contributed by atoms with Gasteiger partial charge < -0.3 is 15.8 Å². The Hall–Kier alpha value is -1.55. The van der Waals surface area contributed by atoms with Crippen molar-refractivity contribution < 1.29 is 9.53 Å². The van der Waals surface area contributed by atoms with Crippen LogP contribution in [0.2, 0.25) is 0 Å². The van der Waals surface area contributed by atoms with Gasteiger partial charge in [-0.2, -0.15) is 0 Å². The molecule has 18 heavy (non-hydrogen) atoms. The van der Waals surface area contributed by atoms with Crippen LogP contribution in [-0.2, 0) is 4.79 Å². The van der Waals surface area contributed by atoms with E-state index < -0.39 is 0 Å². The molecule has 0 unspecified atom stereocenters. The normalized spacial score (nSPS) is 16.8. The van der Waals surface area contributed by atoms with Gasteiger partial charge in [0.15, 0.2) is 0 Å². The third kappa shape index (κ3) is 2.82. The van der Waals surface area contributed by atoms with Crippen molar-refractivity contribution in [2.24, 2.45) is 5.73 Å². The van der Waals surface area contributed by atoms with Crippen LogP contribution in [0.25, 0.3) is 0 Å². The SMILES string of the molecule is COc1ccc(C)c(NC(=O)CC2(N)CCC2)c1. The fourth-order valence-electron chi connectivity index (χ4n) is 2.18. The van der Waals surface area contributed by atoms with Gasteiger partial charge in [0, 0.05) is 23.7 Å². The van der Waals surface area contributed by atoms with Gasteiger partial charge in [-0.3, -0.25) is 4.79 Å². The fraction of sp³-hybridized carbons (Fsp3) is 0.500. The third-order valence-corrected chi connectivity index (χ3v) is 3.58. The van der Waals surface area contributed by atoms with Crippen LogP contribution in [0.4, 0.5) is 5.69 Å². The van der Waals surface area contributed by atoms with E-state index >= 15 is 0 Å². The highest BCUT2D eigenvalue weighted by Gasteiger charge is 2.34. The quantitative estimate of drug-likeness (QED) is 0.858. The zero-order chi connectivity index (χ0) is 13.2. The van der Waals surface area contributed by atoms with E-state index in [1.54, 1.807) is 7.11 Å². The summed E-state index contributed by atoms with van der Waals surface area (Å²) in [6.07, 6.45) is 3.40. The summed E-state index contributed by atoms with van der Waals surface area (Å²) in [5.74, 6) is 0.718. The Labute approximate surface area is 108 Å². The molecule has 1 aromatic rings. The van der Waals surface area contributed by atoms with Crippen LogP contribution in [0.5, 0.6) is 5.75 Å². The lowest BCUT2D eigenvalue weighted by Gasteiger charge is -2.37. The number of hydrogen-bond acceptors (Lipinski definition) is 3. The molecule has 0 radical (unpaired) electrons. The van der Waals surface area contributed by atoms with E-state index in [0.717, 1.165) is 36.3 Å². The Morgan fingerprint density at radius 1 is 1.50 bits per heavy atom. The Morgan fingerprint density at radius 3 is 2.78 bits per heavy atom. The van der Waals surface area contributed by atoms with E-state index in [9.17, 15) is 4.79 Å². The average Bonchev–Trinajstić information content (AvgIpc) is 2.30. The molecule has 4 heteroatoms. The number of carbonyl (C=O) groups is 1. The topological polar surface area (TPSA) is 64.3 Å². The van der Waals surface area contributed by atoms with Crippen LogP contribution in [0.15, 0.2) is 18.2 Å². The summed E-state index contributed by atoms with van der Waals surface area (Å²) in [5.41, 5.74) is 7.60. The molecule has 1 aliphatic carbocycles. The van der Waals surface area contributed by atoms with Crippen LogP contribution in [0.3, 0.4) is 0 Å². The standard InChI is InChI=1S/C14H20N2O2/c1-10-4-5-11(18-2)8-12(10)16-13(17)9-14(15)6-3-7-14/h4-5,8H,3,6-7,9,15H2,1-2H3,(H,16,17). The second kappa shape index (κ2) is 4.98. The number of nitrogens with two attached hydrogens (primary N) is 1. The Bertz CT molecular complexity index is 453. The first-order valence-electron chi connectivity index (χ1n) is 6.26. The Balaban J connectivity index is 2.02. The van der Waals surface area contributed by atoms with Gasteiger partial charge in [0.05, 0.1) is 7.11 Å². The van der Waals surface area contributed by atoms with Gasteiger partial charge in [0.1, 0.15) is 5.75 Å². The highest BCUT2D eigenvalue weighted by atomic mass is 16.5. The molecule has 1 amide bonds. The number of amides is 1. The molecule has 1 aliphatic rings. The molecule has 0 aliphatic heterocycles. The van der Waals surface area contributed by atoms with Crippen molar-refractivity contribution in [3.8, 4) is 5.75 Å². The highest BCUT2D eigenvalue weighted by molar-refractivity contribution is 5.92. The smallest absolute Gasteiger partial charge is 0.226 e. The summed E-state index contributed by atoms with van der Waals surface area (Å²) in [6.45, 7) is 1.95. The summed E-state index contributed by atoms with van der Waals surface area (Å²) in [5, 5.41) is 2.91. The second-order valence-electron chi connectivity index (χ2n) is 5.12. The van der Waals surface area contributed by atoms with Crippen molar-refractivity contribution in [1.82, 2.24) is 0 Å². The van der Waals surface area contributed by atoms with Crippen molar-refractivity contribution in [2.45, 2.75) is 38.1 Å². The first kappa shape index (κ1) is 12.9. The zero-order valence-electron chi connectivity index (χ0n) is 11.0. The fourth-order valence-corrected chi connectivity index (χ4v) is 2.18. The van der Waals surface area contributed by atoms with E-state index in [4.69, 9.17) is 10.5 Å². The van der Waals surface area contributed by atoms with Gasteiger partial charge in [0.2, 0.25) is 5.91 Å². The molecular formula is C14H20N2O2. The molecule has 1 fully saturated rings. The lowest BCUT2D eigenvalue weighted by atomic mass is 9.75. The maximum atomic E-state index is 11.9. The van der Waals surface area contributed by atoms with Gasteiger partial charge in [-0.1, -0.05) is 6.07 Å². The van der Waals surface area contributed by atoms with Crippen molar-refractivity contribution in [3.63, 3.8) is 0 Å². The molecule has 4 nitrogen and oxygen atoms in total. The van der Waals surface area contributed by atoms with E-state index in [1.807, 2.05) is 25.1 Å². The molecule has 0 heterocycles. The first-order chi connectivity index (χ1) is 8.52. The summed E-state index contributed by atoms with van der Waals surface area (Å²) < 4.78 is 5.15. The molecule has 1 saturated carbocycles. The minimum absolute atomic E-state index is 0.0199. The Kier molecular flexibility index (Phi) is 3.57. The molecule has 98 valence electrons. The van der Waals surface area contributed by atoms with Crippen LogP contribution >= 0.6 is 0 Å². The molecule has 0 saturated heterocycles. The van der Waals surface area contributed by atoms with Gasteiger partial charge in [-0.05, 0) is 37.8 Å². The molecule has 0 aromatic heterocycles. The number of ether oxygens (including phenoxy) is 1. The largest absolute Gasteiger partial charge is 0.497 e. The van der Waals surface area contributed by atoms with Crippen molar-refractivity contribution in [2.75, 3.05) is 12.4 Å². The average molecular weight is 248 g/mol. The molecule has 0 atom stereocenters. The predicted molar refractivity (Wildman–Crippen MR) is 71.7 cm³/mol. The van der Waals surface area contributed by atoms with Gasteiger partial charge in [0.25, 0.3) is 0 Å². The van der Waals surface area contributed by atoms with Crippen LogP contribution < -0.4 is 15.8 Å². The van der Waals surface area contributed by atoms with Gasteiger partial charge >= 0.3 is 0 Å². The predicted octanol–water partition coefficient (Wildman–Crippen LogP) is 2.21. The minimum atomic E-state index is -0.281. The van der Waals surface area contributed by atoms with Crippen molar-refractivity contribution in [3.05, 3.63) is 23.8 Å². The van der Waals surface area contributed by atoms with Crippen LogP contribution in [0, 0.1) is 6.92 Å². The van der Waals surface area contributed by atoms with E-state index in [-0.39, 0.29) is 11.4 Å². The van der Waals surface area contributed by atoms with E-state index in [1.165, 1.54) is 0 Å². The Morgan fingerprint density at radius 2 is 2.22 bits per heavy atom. The minimum Gasteiger partial charge on any atom is -0.497 e. The van der Waals surface area contributed by atoms with Crippen molar-refractivity contribution >= 4 is 11.6 Å². The second-order valence-corrected chi connectivity index (χ2v) is 5.12. The van der Waals surface area contributed by atoms with Crippen LogP contribution in [0.1, 0.15) is 31.2 Å².